The Kier molecular flexibility index (Phi) is 6.96. The fourth-order valence-corrected chi connectivity index (χ4v) is 3.77. The molecule has 0 radical (unpaired) electrons. The van der Waals surface area contributed by atoms with Gasteiger partial charge in [0.2, 0.25) is 23.6 Å². The fraction of sp³-hybridized carbons (Fsp3) is 0.160. The summed E-state index contributed by atoms with van der Waals surface area (Å²) in [7, 11) is 0. The van der Waals surface area contributed by atoms with Crippen LogP contribution in [0, 0.1) is 6.92 Å². The maximum absolute atomic E-state index is 13.5. The van der Waals surface area contributed by atoms with Gasteiger partial charge in [-0.05, 0) is 55.0 Å². The topological polar surface area (TPSA) is 156 Å². The summed E-state index contributed by atoms with van der Waals surface area (Å²) in [5.41, 5.74) is 1.34. The van der Waals surface area contributed by atoms with Gasteiger partial charge in [0.25, 0.3) is 0 Å². The van der Waals surface area contributed by atoms with Crippen molar-refractivity contribution in [1.29, 1.82) is 0 Å². The SMILES string of the molecule is Cc1noc(C2CN=C(Nc3ccc(Oc4ccc(C(=O)O)nn4)cc3)N(Cc3ccc(Cl)cc3)C2=O)n1. The van der Waals surface area contributed by atoms with Crippen LogP contribution in [0.25, 0.3) is 0 Å². The van der Waals surface area contributed by atoms with Crippen molar-refractivity contribution in [2.45, 2.75) is 19.4 Å². The van der Waals surface area contributed by atoms with Crippen molar-refractivity contribution < 1.29 is 24.0 Å². The summed E-state index contributed by atoms with van der Waals surface area (Å²) in [4.78, 5) is 34.8. The molecule has 4 aromatic rings. The van der Waals surface area contributed by atoms with Crippen LogP contribution < -0.4 is 10.1 Å². The van der Waals surface area contributed by atoms with Gasteiger partial charge in [-0.25, -0.2) is 4.79 Å². The third kappa shape index (κ3) is 5.60. The lowest BCUT2D eigenvalue weighted by molar-refractivity contribution is -0.130. The fourth-order valence-electron chi connectivity index (χ4n) is 3.65. The molecule has 0 aliphatic carbocycles. The summed E-state index contributed by atoms with van der Waals surface area (Å²) in [6.45, 7) is 2.08. The summed E-state index contributed by atoms with van der Waals surface area (Å²) in [6.07, 6.45) is 0. The number of carbonyl (C=O) groups is 2. The molecule has 1 aliphatic rings. The zero-order chi connectivity index (χ0) is 26.6. The molecule has 0 saturated carbocycles. The normalized spacial score (nSPS) is 15.2. The summed E-state index contributed by atoms with van der Waals surface area (Å²) < 4.78 is 10.9. The van der Waals surface area contributed by atoms with E-state index in [0.29, 0.717) is 28.2 Å². The standard InChI is InChI=1S/C25H20ClN7O5/c1-14-28-22(38-32-14)19-12-27-25(33(23(19)34)13-15-2-4-16(26)5-3-15)29-17-6-8-18(9-7-17)37-21-11-10-20(24(35)36)30-31-21/h2-11,19H,12-13H2,1H3,(H,27,29)(H,35,36). The van der Waals surface area contributed by atoms with Gasteiger partial charge in [0, 0.05) is 16.8 Å². The maximum atomic E-state index is 13.5. The minimum Gasteiger partial charge on any atom is -0.476 e. The van der Waals surface area contributed by atoms with Gasteiger partial charge >= 0.3 is 5.97 Å². The molecule has 13 heteroatoms. The van der Waals surface area contributed by atoms with E-state index >= 15 is 0 Å². The van der Waals surface area contributed by atoms with Gasteiger partial charge in [-0.1, -0.05) is 28.9 Å². The lowest BCUT2D eigenvalue weighted by Gasteiger charge is -2.31. The average molecular weight is 534 g/mol. The quantitative estimate of drug-likeness (QED) is 0.357. The molecule has 38 heavy (non-hydrogen) atoms. The van der Waals surface area contributed by atoms with Crippen LogP contribution in [-0.4, -0.2) is 54.7 Å². The second kappa shape index (κ2) is 10.6. The lowest BCUT2D eigenvalue weighted by Crippen LogP contribution is -2.47. The molecule has 0 bridgehead atoms. The Labute approximate surface area is 220 Å². The van der Waals surface area contributed by atoms with Crippen LogP contribution in [0.15, 0.2) is 70.2 Å². The van der Waals surface area contributed by atoms with Crippen molar-refractivity contribution >= 4 is 35.1 Å². The highest BCUT2D eigenvalue weighted by Crippen LogP contribution is 2.26. The number of aliphatic imine (C=N–C) groups is 1. The van der Waals surface area contributed by atoms with Crippen LogP contribution in [0.4, 0.5) is 5.69 Å². The molecule has 0 saturated heterocycles. The molecule has 0 fully saturated rings. The van der Waals surface area contributed by atoms with E-state index < -0.39 is 11.9 Å². The number of aromatic carboxylic acids is 1. The Bertz CT molecular complexity index is 1490. The van der Waals surface area contributed by atoms with E-state index in [-0.39, 0.29) is 36.5 Å². The van der Waals surface area contributed by atoms with Gasteiger partial charge in [-0.15, -0.1) is 10.2 Å². The minimum absolute atomic E-state index is 0.145. The lowest BCUT2D eigenvalue weighted by atomic mass is 10.1. The molecular formula is C25H20ClN7O5. The number of ether oxygens (including phenoxy) is 1. The number of carboxylic acid groups (broad SMARTS) is 1. The zero-order valence-electron chi connectivity index (χ0n) is 19.9. The van der Waals surface area contributed by atoms with E-state index in [4.69, 9.17) is 26.0 Å². The molecular weight excluding hydrogens is 514 g/mol. The van der Waals surface area contributed by atoms with Crippen molar-refractivity contribution in [1.82, 2.24) is 25.2 Å². The van der Waals surface area contributed by atoms with Crippen LogP contribution in [0.1, 0.15) is 33.7 Å². The van der Waals surface area contributed by atoms with Gasteiger partial charge in [0.05, 0.1) is 13.1 Å². The van der Waals surface area contributed by atoms with Crippen LogP contribution >= 0.6 is 11.6 Å². The molecule has 1 aliphatic heterocycles. The number of hydrogen-bond donors (Lipinski definition) is 2. The van der Waals surface area contributed by atoms with Gasteiger partial charge < -0.3 is 19.7 Å². The van der Waals surface area contributed by atoms with Crippen molar-refractivity contribution in [3.63, 3.8) is 0 Å². The maximum Gasteiger partial charge on any atom is 0.356 e. The summed E-state index contributed by atoms with van der Waals surface area (Å²) >= 11 is 6.02. The first-order valence-electron chi connectivity index (χ1n) is 11.4. The van der Waals surface area contributed by atoms with Crippen LogP contribution in [0.3, 0.4) is 0 Å². The molecule has 1 unspecified atom stereocenters. The number of aromatic nitrogens is 4. The molecule has 1 amide bonds. The minimum atomic E-state index is -1.17. The predicted molar refractivity (Wildman–Crippen MR) is 135 cm³/mol. The van der Waals surface area contributed by atoms with E-state index in [1.165, 1.54) is 17.0 Å². The van der Waals surface area contributed by atoms with Crippen molar-refractivity contribution in [2.75, 3.05) is 11.9 Å². The Morgan fingerprint density at radius 1 is 1.13 bits per heavy atom. The molecule has 3 heterocycles. The first-order valence-corrected chi connectivity index (χ1v) is 11.8. The third-order valence-electron chi connectivity index (χ3n) is 5.53. The molecule has 5 rings (SSSR count). The molecule has 192 valence electrons. The average Bonchev–Trinajstić information content (AvgIpc) is 3.34. The molecule has 2 aromatic carbocycles. The second-order valence-electron chi connectivity index (χ2n) is 8.26. The van der Waals surface area contributed by atoms with E-state index in [9.17, 15) is 9.59 Å². The highest BCUT2D eigenvalue weighted by Gasteiger charge is 2.36. The van der Waals surface area contributed by atoms with Gasteiger partial charge in [-0.3, -0.25) is 14.7 Å². The van der Waals surface area contributed by atoms with Crippen LogP contribution in [-0.2, 0) is 11.3 Å². The van der Waals surface area contributed by atoms with Gasteiger partial charge in [0.1, 0.15) is 11.7 Å². The van der Waals surface area contributed by atoms with Crippen LogP contribution in [0.5, 0.6) is 11.6 Å². The zero-order valence-corrected chi connectivity index (χ0v) is 20.7. The molecule has 12 nitrogen and oxygen atoms in total. The van der Waals surface area contributed by atoms with Gasteiger partial charge in [-0.2, -0.15) is 4.98 Å². The van der Waals surface area contributed by atoms with Crippen LogP contribution in [0.2, 0.25) is 5.02 Å². The number of benzene rings is 2. The first-order chi connectivity index (χ1) is 18.4. The van der Waals surface area contributed by atoms with Crippen molar-refractivity contribution in [3.05, 3.63) is 88.7 Å². The molecule has 2 aromatic heterocycles. The Morgan fingerprint density at radius 2 is 1.89 bits per heavy atom. The summed E-state index contributed by atoms with van der Waals surface area (Å²) in [5.74, 6) is -0.473. The summed E-state index contributed by atoms with van der Waals surface area (Å²) in [6, 6.07) is 16.8. The Balaban J connectivity index is 1.34. The monoisotopic (exact) mass is 533 g/mol. The predicted octanol–water partition coefficient (Wildman–Crippen LogP) is 3.91. The molecule has 2 N–H and O–H groups in total. The van der Waals surface area contributed by atoms with Crippen molar-refractivity contribution in [2.24, 2.45) is 4.99 Å². The highest BCUT2D eigenvalue weighted by atomic mass is 35.5. The highest BCUT2D eigenvalue weighted by molar-refractivity contribution is 6.30. The number of guanidine groups is 1. The smallest absolute Gasteiger partial charge is 0.356 e. The Morgan fingerprint density at radius 3 is 2.53 bits per heavy atom. The number of hydrogen-bond acceptors (Lipinski definition) is 10. The number of carboxylic acids is 1. The number of nitrogens with one attached hydrogen (secondary N) is 1. The van der Waals surface area contributed by atoms with E-state index in [2.05, 4.69) is 30.6 Å². The first kappa shape index (κ1) is 24.8. The number of anilines is 1. The number of aryl methyl sites for hydroxylation is 1. The number of halogens is 1. The third-order valence-corrected chi connectivity index (χ3v) is 5.78. The number of rotatable bonds is 7. The van der Waals surface area contributed by atoms with Gasteiger partial charge in [0.15, 0.2) is 11.5 Å². The van der Waals surface area contributed by atoms with E-state index in [0.717, 1.165) is 5.56 Å². The summed E-state index contributed by atoms with van der Waals surface area (Å²) in [5, 5.41) is 23.9. The van der Waals surface area contributed by atoms with E-state index in [1.54, 1.807) is 43.3 Å². The largest absolute Gasteiger partial charge is 0.476 e. The van der Waals surface area contributed by atoms with E-state index in [1.807, 2.05) is 12.1 Å². The molecule has 0 spiro atoms. The second-order valence-corrected chi connectivity index (χ2v) is 8.70. The molecule has 1 atom stereocenters. The number of nitrogens with zero attached hydrogens (tertiary/aromatic N) is 6. The Hall–Kier alpha value is -4.84. The number of amides is 1. The van der Waals surface area contributed by atoms with Crippen molar-refractivity contribution in [3.8, 4) is 11.6 Å². The number of carbonyl (C=O) groups excluding carboxylic acids is 1.